The zero-order valence-corrected chi connectivity index (χ0v) is 47.1. The van der Waals surface area contributed by atoms with Gasteiger partial charge in [0.1, 0.15) is 0 Å². The summed E-state index contributed by atoms with van der Waals surface area (Å²) in [4.78, 5) is 42.4. The van der Waals surface area contributed by atoms with Crippen molar-refractivity contribution in [3.05, 3.63) is 12.2 Å². The maximum atomic E-state index is 13.7. The fourth-order valence-corrected chi connectivity index (χ4v) is 11.9. The van der Waals surface area contributed by atoms with E-state index in [9.17, 15) is 14.4 Å². The molecule has 4 unspecified atom stereocenters. The summed E-state index contributed by atoms with van der Waals surface area (Å²) < 4.78 is 31.1. The molecule has 2 saturated carbocycles. The molecule has 0 aliphatic heterocycles. The van der Waals surface area contributed by atoms with E-state index in [1.54, 1.807) is 0 Å². The maximum Gasteiger partial charge on any atom is 0.305 e. The predicted octanol–water partition coefficient (Wildman–Crippen LogP) is 16.6. The van der Waals surface area contributed by atoms with Gasteiger partial charge in [-0.15, -0.1) is 0 Å². The first-order valence-electron chi connectivity index (χ1n) is 30.1. The van der Waals surface area contributed by atoms with Crippen LogP contribution in [0.4, 0.5) is 0 Å². The van der Waals surface area contributed by atoms with Crippen LogP contribution >= 0.6 is 0 Å². The van der Waals surface area contributed by atoms with Gasteiger partial charge in [0, 0.05) is 48.7 Å². The van der Waals surface area contributed by atoms with E-state index in [1.807, 2.05) is 0 Å². The second-order valence-corrected chi connectivity index (χ2v) is 22.7. The number of esters is 3. The van der Waals surface area contributed by atoms with Crippen molar-refractivity contribution in [1.29, 1.82) is 0 Å². The van der Waals surface area contributed by atoms with Gasteiger partial charge < -0.3 is 28.6 Å². The summed E-state index contributed by atoms with van der Waals surface area (Å²) in [5.41, 5.74) is -0.714. The first-order valence-corrected chi connectivity index (χ1v) is 30.1. The third-order valence-electron chi connectivity index (χ3n) is 15.8. The van der Waals surface area contributed by atoms with Crippen molar-refractivity contribution >= 4 is 17.9 Å². The number of carbonyl (C=O) groups excluding carboxylic acids is 3. The SMILES string of the molecule is CCCCCCCC/C=C\CCCCCCCC(=O)OCC1(C)CC2CC(CC)(COC(=O)CCCN(CC)CC)CC(COC(=O)CCC(OCCCCCCCC)OCCCCCCCC)(C2)C1. The number of rotatable bonds is 47. The molecule has 2 aliphatic rings. The van der Waals surface area contributed by atoms with Crippen molar-refractivity contribution in [3.8, 4) is 0 Å². The number of carbonyl (C=O) groups is 3. The van der Waals surface area contributed by atoms with E-state index in [1.165, 1.54) is 109 Å². The van der Waals surface area contributed by atoms with Crippen LogP contribution in [0.3, 0.4) is 0 Å². The molecular formula is C61H113NO8. The number of unbranched alkanes of at least 4 members (excludes halogenated alkanes) is 21. The van der Waals surface area contributed by atoms with Gasteiger partial charge in [-0.05, 0) is 115 Å². The molecule has 0 N–H and O–H groups in total. The molecule has 0 saturated heterocycles. The van der Waals surface area contributed by atoms with Crippen molar-refractivity contribution in [2.45, 2.75) is 286 Å². The lowest BCUT2D eigenvalue weighted by molar-refractivity contribution is -0.174. The fourth-order valence-electron chi connectivity index (χ4n) is 11.9. The molecule has 2 fully saturated rings. The van der Waals surface area contributed by atoms with E-state index in [0.29, 0.717) is 58.2 Å². The van der Waals surface area contributed by atoms with Gasteiger partial charge >= 0.3 is 17.9 Å². The smallest absolute Gasteiger partial charge is 0.305 e. The van der Waals surface area contributed by atoms with Gasteiger partial charge in [0.2, 0.25) is 0 Å². The molecule has 0 aromatic heterocycles. The largest absolute Gasteiger partial charge is 0.465 e. The molecule has 2 aliphatic carbocycles. The molecule has 9 nitrogen and oxygen atoms in total. The van der Waals surface area contributed by atoms with Crippen molar-refractivity contribution < 1.29 is 38.1 Å². The van der Waals surface area contributed by atoms with Crippen LogP contribution in [0.15, 0.2) is 12.2 Å². The molecule has 0 heterocycles. The first-order chi connectivity index (χ1) is 34.0. The summed E-state index contributed by atoms with van der Waals surface area (Å²) in [6.45, 7) is 20.8. The second kappa shape index (κ2) is 40.4. The summed E-state index contributed by atoms with van der Waals surface area (Å²) >= 11 is 0. The molecule has 2 rings (SSSR count). The third kappa shape index (κ3) is 30.3. The van der Waals surface area contributed by atoms with Crippen LogP contribution < -0.4 is 0 Å². The monoisotopic (exact) mass is 988 g/mol. The summed E-state index contributed by atoms with van der Waals surface area (Å²) in [5, 5.41) is 0. The Labute approximate surface area is 432 Å². The van der Waals surface area contributed by atoms with Crippen LogP contribution in [0.1, 0.15) is 280 Å². The highest BCUT2D eigenvalue weighted by atomic mass is 16.7. The Bertz CT molecular complexity index is 1320. The molecule has 9 heteroatoms. The average molecular weight is 989 g/mol. The van der Waals surface area contributed by atoms with Crippen LogP contribution in [0.25, 0.3) is 0 Å². The third-order valence-corrected chi connectivity index (χ3v) is 15.8. The Kier molecular flexibility index (Phi) is 37.0. The van der Waals surface area contributed by atoms with Crippen molar-refractivity contribution in [3.63, 3.8) is 0 Å². The Morgan fingerprint density at radius 2 is 0.986 bits per heavy atom. The van der Waals surface area contributed by atoms with E-state index < -0.39 is 6.29 Å². The molecular weight excluding hydrogens is 875 g/mol. The average Bonchev–Trinajstić information content (AvgIpc) is 3.35. The predicted molar refractivity (Wildman–Crippen MR) is 291 cm³/mol. The van der Waals surface area contributed by atoms with E-state index in [-0.39, 0.29) is 40.6 Å². The Hall–Kier alpha value is -1.97. The molecule has 0 aromatic rings. The Balaban J connectivity index is 2.01. The van der Waals surface area contributed by atoms with Gasteiger partial charge in [0.05, 0.1) is 26.2 Å². The van der Waals surface area contributed by atoms with Crippen LogP contribution in [-0.2, 0) is 38.1 Å². The molecule has 2 bridgehead atoms. The summed E-state index contributed by atoms with van der Waals surface area (Å²) in [5.74, 6) is -0.0796. The molecule has 0 radical (unpaired) electrons. The first kappa shape index (κ1) is 64.1. The topological polar surface area (TPSA) is 101 Å². The quantitative estimate of drug-likeness (QED) is 0.0194. The summed E-state index contributed by atoms with van der Waals surface area (Å²) in [6.07, 6.45) is 42.4. The van der Waals surface area contributed by atoms with Crippen LogP contribution in [0.2, 0.25) is 0 Å². The van der Waals surface area contributed by atoms with Crippen LogP contribution in [0.5, 0.6) is 0 Å². The zero-order chi connectivity index (χ0) is 51.0. The van der Waals surface area contributed by atoms with Crippen LogP contribution in [-0.4, -0.2) is 81.8 Å². The van der Waals surface area contributed by atoms with Gasteiger partial charge in [-0.3, -0.25) is 14.4 Å². The van der Waals surface area contributed by atoms with Gasteiger partial charge in [-0.2, -0.15) is 0 Å². The van der Waals surface area contributed by atoms with Gasteiger partial charge in [0.15, 0.2) is 6.29 Å². The normalized spacial score (nSPS) is 21.2. The number of hydrogen-bond donors (Lipinski definition) is 0. The van der Waals surface area contributed by atoms with Crippen molar-refractivity contribution in [1.82, 2.24) is 4.90 Å². The number of ether oxygens (including phenoxy) is 5. The van der Waals surface area contributed by atoms with E-state index in [0.717, 1.165) is 116 Å². The summed E-state index contributed by atoms with van der Waals surface area (Å²) in [7, 11) is 0. The van der Waals surface area contributed by atoms with Crippen molar-refractivity contribution in [2.24, 2.45) is 22.2 Å². The molecule has 410 valence electrons. The molecule has 4 atom stereocenters. The van der Waals surface area contributed by atoms with Gasteiger partial charge in [-0.25, -0.2) is 0 Å². The van der Waals surface area contributed by atoms with Crippen LogP contribution in [0, 0.1) is 22.2 Å². The summed E-state index contributed by atoms with van der Waals surface area (Å²) in [6, 6.07) is 0. The lowest BCUT2D eigenvalue weighted by Gasteiger charge is -2.57. The van der Waals surface area contributed by atoms with E-state index in [4.69, 9.17) is 23.7 Å². The number of hydrogen-bond acceptors (Lipinski definition) is 9. The second-order valence-electron chi connectivity index (χ2n) is 22.7. The Morgan fingerprint density at radius 1 is 0.514 bits per heavy atom. The highest BCUT2D eigenvalue weighted by Gasteiger charge is 2.56. The minimum atomic E-state index is -0.412. The highest BCUT2D eigenvalue weighted by Crippen LogP contribution is 2.61. The lowest BCUT2D eigenvalue weighted by atomic mass is 9.48. The molecule has 70 heavy (non-hydrogen) atoms. The van der Waals surface area contributed by atoms with E-state index in [2.05, 4.69) is 65.5 Å². The minimum Gasteiger partial charge on any atom is -0.465 e. The Morgan fingerprint density at radius 3 is 1.53 bits per heavy atom. The zero-order valence-electron chi connectivity index (χ0n) is 47.1. The van der Waals surface area contributed by atoms with Crippen molar-refractivity contribution in [2.75, 3.05) is 52.7 Å². The number of nitrogens with zero attached hydrogens (tertiary/aromatic N) is 1. The minimum absolute atomic E-state index is 0.0992. The lowest BCUT2D eigenvalue weighted by Crippen LogP contribution is -2.52. The van der Waals surface area contributed by atoms with Gasteiger partial charge in [-0.1, -0.05) is 176 Å². The molecule has 0 amide bonds. The molecule has 0 aromatic carbocycles. The standard InChI is InChI=1S/C61H113NO8/c1-8-14-17-20-23-24-25-26-27-28-29-30-31-32-35-39-55(63)68-51-59(7)46-54-47-60(11-4,52-69-56(64)40-38-43-62(12-5)13-6)50-61(48-54,49-59)53-70-57(65)41-42-58(66-44-36-33-21-18-15-9-2)67-45-37-34-22-19-16-10-3/h26-27,54,58H,8-25,28-53H2,1-7H3/b27-26-. The number of allylic oxidation sites excluding steroid dienone is 2. The number of fused-ring (bicyclic) bond motifs is 2. The maximum absolute atomic E-state index is 13.7. The fraction of sp³-hybridized carbons (Fsp3) is 0.918. The molecule has 0 spiro atoms. The van der Waals surface area contributed by atoms with E-state index >= 15 is 0 Å². The highest BCUT2D eigenvalue weighted by molar-refractivity contribution is 5.70. The van der Waals surface area contributed by atoms with Gasteiger partial charge in [0.25, 0.3) is 0 Å².